The molecule has 0 atom stereocenters. The van der Waals surface area contributed by atoms with Crippen LogP contribution in [0, 0.1) is 0 Å². The van der Waals surface area contributed by atoms with E-state index >= 15 is 0 Å². The molecule has 1 aromatic carbocycles. The second-order valence-electron chi connectivity index (χ2n) is 3.71. The summed E-state index contributed by atoms with van der Waals surface area (Å²) in [5.74, 6) is -0.0288. The second-order valence-corrected chi connectivity index (χ2v) is 4.96. The van der Waals surface area contributed by atoms with E-state index in [1.54, 1.807) is 0 Å². The molecule has 102 valence electrons. The fraction of sp³-hybridized carbons (Fsp3) is 0.231. The van der Waals surface area contributed by atoms with E-state index in [0.29, 0.717) is 12.0 Å². The van der Waals surface area contributed by atoms with Gasteiger partial charge in [-0.3, -0.25) is 9.59 Å². The van der Waals surface area contributed by atoms with Crippen LogP contribution >= 0.6 is 35.8 Å². The summed E-state index contributed by atoms with van der Waals surface area (Å²) in [6.45, 7) is 5.26. The minimum Gasteiger partial charge on any atom is -0.483 e. The molecule has 0 amide bonds. The van der Waals surface area contributed by atoms with Crippen LogP contribution in [0.4, 0.5) is 0 Å². The number of benzene rings is 1. The third-order valence-electron chi connectivity index (χ3n) is 2.39. The van der Waals surface area contributed by atoms with Crippen molar-refractivity contribution in [1.29, 1.82) is 0 Å². The van der Waals surface area contributed by atoms with Crippen LogP contribution < -0.4 is 4.74 Å². The van der Waals surface area contributed by atoms with Crippen LogP contribution in [0.15, 0.2) is 24.3 Å². The molecule has 19 heavy (non-hydrogen) atoms. The number of hydrogen-bond acceptors (Lipinski definition) is 3. The van der Waals surface area contributed by atoms with E-state index < -0.39 is 5.12 Å². The minimum absolute atomic E-state index is 0.0883. The van der Waals surface area contributed by atoms with Gasteiger partial charge in [-0.2, -0.15) is 0 Å². The van der Waals surface area contributed by atoms with Crippen LogP contribution in [0.1, 0.15) is 23.7 Å². The number of allylic oxidation sites excluding steroid dienone is 1. The SMILES string of the molecule is C=C(CC)C(=O)c1ccc(OCC(=O)S)c(Cl)c1Cl. The van der Waals surface area contributed by atoms with Crippen molar-refractivity contribution in [3.8, 4) is 5.75 Å². The molecule has 0 aliphatic heterocycles. The number of hydrogen-bond donors (Lipinski definition) is 1. The number of carbonyl (C=O) groups is 2. The number of ether oxygens (including phenoxy) is 1. The van der Waals surface area contributed by atoms with Crippen molar-refractivity contribution in [2.75, 3.05) is 6.61 Å². The summed E-state index contributed by atoms with van der Waals surface area (Å²) in [5, 5.41) is -0.261. The Morgan fingerprint density at radius 2 is 1.95 bits per heavy atom. The lowest BCUT2D eigenvalue weighted by Gasteiger charge is -2.11. The van der Waals surface area contributed by atoms with Gasteiger partial charge in [0.2, 0.25) is 5.12 Å². The predicted octanol–water partition coefficient (Wildman–Crippen LogP) is 3.98. The van der Waals surface area contributed by atoms with Gasteiger partial charge in [-0.15, -0.1) is 12.6 Å². The Labute approximate surface area is 126 Å². The zero-order chi connectivity index (χ0) is 14.6. The third kappa shape index (κ3) is 4.00. The summed E-state index contributed by atoms with van der Waals surface area (Å²) in [6.07, 6.45) is 0.527. The standard InChI is InChI=1S/C13H12Cl2O3S/c1-3-7(2)13(17)8-4-5-9(12(15)11(8)14)18-6-10(16)19/h4-5H,2-3,6H2,1H3,(H,16,19). The van der Waals surface area contributed by atoms with Crippen LogP contribution in [0.5, 0.6) is 5.75 Å². The molecule has 0 saturated heterocycles. The molecule has 0 fully saturated rings. The van der Waals surface area contributed by atoms with Crippen molar-refractivity contribution >= 4 is 46.7 Å². The first kappa shape index (κ1) is 16.1. The average molecular weight is 319 g/mol. The average Bonchev–Trinajstić information content (AvgIpc) is 2.38. The number of rotatable bonds is 6. The van der Waals surface area contributed by atoms with Gasteiger partial charge in [0.05, 0.1) is 5.02 Å². The first-order valence-corrected chi connectivity index (χ1v) is 6.63. The highest BCUT2D eigenvalue weighted by Crippen LogP contribution is 2.35. The van der Waals surface area contributed by atoms with Crippen molar-refractivity contribution in [2.45, 2.75) is 13.3 Å². The number of ketones is 1. The van der Waals surface area contributed by atoms with Gasteiger partial charge in [0.15, 0.2) is 12.4 Å². The molecular weight excluding hydrogens is 307 g/mol. The van der Waals surface area contributed by atoms with E-state index in [1.165, 1.54) is 12.1 Å². The van der Waals surface area contributed by atoms with Crippen LogP contribution in [-0.4, -0.2) is 17.5 Å². The maximum Gasteiger partial charge on any atom is 0.223 e. The fourth-order valence-electron chi connectivity index (χ4n) is 1.31. The highest BCUT2D eigenvalue weighted by atomic mass is 35.5. The Hall–Kier alpha value is -0.970. The van der Waals surface area contributed by atoms with Gasteiger partial charge >= 0.3 is 0 Å². The van der Waals surface area contributed by atoms with Crippen LogP contribution in [0.2, 0.25) is 10.0 Å². The molecule has 1 rings (SSSR count). The lowest BCUT2D eigenvalue weighted by Crippen LogP contribution is -2.07. The van der Waals surface area contributed by atoms with E-state index in [9.17, 15) is 9.59 Å². The molecule has 6 heteroatoms. The summed E-state index contributed by atoms with van der Waals surface area (Å²) in [7, 11) is 0. The fourth-order valence-corrected chi connectivity index (χ4v) is 1.83. The Balaban J connectivity index is 3.07. The molecule has 0 aliphatic carbocycles. The lowest BCUT2D eigenvalue weighted by molar-refractivity contribution is -0.112. The van der Waals surface area contributed by atoms with Crippen LogP contribution in [-0.2, 0) is 4.79 Å². The lowest BCUT2D eigenvalue weighted by atomic mass is 10.0. The Morgan fingerprint density at radius 3 is 2.47 bits per heavy atom. The quantitative estimate of drug-likeness (QED) is 0.490. The van der Waals surface area contributed by atoms with Crippen molar-refractivity contribution in [1.82, 2.24) is 0 Å². The van der Waals surface area contributed by atoms with Crippen molar-refractivity contribution in [2.24, 2.45) is 0 Å². The second kappa shape index (κ2) is 6.98. The van der Waals surface area contributed by atoms with Gasteiger partial charge in [0.25, 0.3) is 0 Å². The third-order valence-corrected chi connectivity index (χ3v) is 3.38. The van der Waals surface area contributed by atoms with Gasteiger partial charge in [-0.05, 0) is 24.1 Å². The number of Topliss-reactive ketones (excluding diaryl/α,β-unsaturated/α-hetero) is 1. The predicted molar refractivity (Wildman–Crippen MR) is 79.7 cm³/mol. The van der Waals surface area contributed by atoms with Gasteiger partial charge < -0.3 is 4.74 Å². The molecule has 0 spiro atoms. The van der Waals surface area contributed by atoms with Gasteiger partial charge in [0, 0.05) is 5.56 Å². The first-order chi connectivity index (χ1) is 8.88. The molecule has 3 nitrogen and oxygen atoms in total. The molecule has 0 radical (unpaired) electrons. The van der Waals surface area contributed by atoms with Gasteiger partial charge in [-0.1, -0.05) is 36.7 Å². The molecule has 1 aromatic rings. The summed E-state index contributed by atoms with van der Waals surface area (Å²) in [4.78, 5) is 22.7. The maximum atomic E-state index is 12.0. The van der Waals surface area contributed by atoms with Gasteiger partial charge in [0.1, 0.15) is 10.8 Å². The molecule has 0 unspecified atom stereocenters. The number of thiol groups is 1. The topological polar surface area (TPSA) is 43.4 Å². The summed E-state index contributed by atoms with van der Waals surface area (Å²) >= 11 is 15.6. The molecule has 0 saturated carbocycles. The van der Waals surface area contributed by atoms with Crippen LogP contribution in [0.25, 0.3) is 0 Å². The minimum atomic E-state index is -0.438. The smallest absolute Gasteiger partial charge is 0.223 e. The zero-order valence-electron chi connectivity index (χ0n) is 10.2. The molecule has 0 N–H and O–H groups in total. The highest BCUT2D eigenvalue weighted by Gasteiger charge is 2.18. The van der Waals surface area contributed by atoms with E-state index in [-0.39, 0.29) is 33.7 Å². The normalized spacial score (nSPS) is 10.1. The molecule has 0 bridgehead atoms. The maximum absolute atomic E-state index is 12.0. The van der Waals surface area contributed by atoms with Gasteiger partial charge in [-0.25, -0.2) is 0 Å². The molecule has 0 aliphatic rings. The van der Waals surface area contributed by atoms with Crippen molar-refractivity contribution in [3.05, 3.63) is 39.9 Å². The summed E-state index contributed by atoms with van der Waals surface area (Å²) in [6, 6.07) is 2.98. The Morgan fingerprint density at radius 1 is 1.32 bits per heavy atom. The van der Waals surface area contributed by atoms with E-state index in [2.05, 4.69) is 19.2 Å². The number of carbonyl (C=O) groups excluding carboxylic acids is 2. The number of halogens is 2. The summed E-state index contributed by atoms with van der Waals surface area (Å²) in [5.41, 5.74) is 0.709. The highest BCUT2D eigenvalue weighted by molar-refractivity contribution is 7.96. The van der Waals surface area contributed by atoms with Crippen LogP contribution in [0.3, 0.4) is 0 Å². The van der Waals surface area contributed by atoms with Crippen molar-refractivity contribution < 1.29 is 14.3 Å². The zero-order valence-corrected chi connectivity index (χ0v) is 12.6. The molecular formula is C13H12Cl2O3S. The first-order valence-electron chi connectivity index (χ1n) is 5.43. The largest absolute Gasteiger partial charge is 0.483 e. The summed E-state index contributed by atoms with van der Waals surface area (Å²) < 4.78 is 5.12. The molecule has 0 heterocycles. The van der Waals surface area contributed by atoms with E-state index in [4.69, 9.17) is 27.9 Å². The monoisotopic (exact) mass is 318 g/mol. The Kier molecular flexibility index (Phi) is 5.91. The molecule has 0 aromatic heterocycles. The Bertz CT molecular complexity index is 541. The van der Waals surface area contributed by atoms with Crippen molar-refractivity contribution in [3.63, 3.8) is 0 Å². The van der Waals surface area contributed by atoms with E-state index in [0.717, 1.165) is 0 Å². The van der Waals surface area contributed by atoms with E-state index in [1.807, 2.05) is 6.92 Å².